The van der Waals surface area contributed by atoms with E-state index in [9.17, 15) is 0 Å². The molecule has 136 valence electrons. The molecule has 2 aromatic rings. The van der Waals surface area contributed by atoms with Gasteiger partial charge in [0.25, 0.3) is 0 Å². The molecule has 0 radical (unpaired) electrons. The van der Waals surface area contributed by atoms with Crippen molar-refractivity contribution in [2.75, 3.05) is 37.9 Å². The second-order valence-electron chi connectivity index (χ2n) is 5.11. The van der Waals surface area contributed by atoms with Crippen LogP contribution in [0.2, 0.25) is 0 Å². The van der Waals surface area contributed by atoms with Crippen molar-refractivity contribution in [2.24, 2.45) is 10.7 Å². The summed E-state index contributed by atoms with van der Waals surface area (Å²) < 4.78 is 10.5. The van der Waals surface area contributed by atoms with E-state index in [0.29, 0.717) is 24.0 Å². The van der Waals surface area contributed by atoms with E-state index in [0.717, 1.165) is 24.3 Å². The van der Waals surface area contributed by atoms with E-state index in [-0.39, 0.29) is 24.0 Å². The van der Waals surface area contributed by atoms with E-state index in [2.05, 4.69) is 15.6 Å². The Labute approximate surface area is 165 Å². The second kappa shape index (κ2) is 11.4. The third kappa shape index (κ3) is 7.08. The van der Waals surface area contributed by atoms with Crippen molar-refractivity contribution in [1.29, 1.82) is 0 Å². The van der Waals surface area contributed by atoms with E-state index in [1.165, 1.54) is 0 Å². The van der Waals surface area contributed by atoms with Crippen LogP contribution in [0.1, 0.15) is 6.42 Å². The number of anilines is 2. The van der Waals surface area contributed by atoms with Gasteiger partial charge in [0.05, 0.1) is 14.2 Å². The quantitative estimate of drug-likeness (QED) is 0.245. The average molecular weight is 456 g/mol. The van der Waals surface area contributed by atoms with Crippen molar-refractivity contribution in [3.63, 3.8) is 0 Å². The minimum atomic E-state index is 0. The summed E-state index contributed by atoms with van der Waals surface area (Å²) in [5.41, 5.74) is 7.82. The van der Waals surface area contributed by atoms with Crippen LogP contribution in [0.25, 0.3) is 0 Å². The summed E-state index contributed by atoms with van der Waals surface area (Å²) in [6.45, 7) is 1.49. The molecule has 0 fully saturated rings. The maximum atomic E-state index is 5.91. The first-order valence-corrected chi connectivity index (χ1v) is 7.81. The van der Waals surface area contributed by atoms with E-state index < -0.39 is 0 Å². The lowest BCUT2D eigenvalue weighted by Gasteiger charge is -2.11. The Morgan fingerprint density at radius 3 is 2.40 bits per heavy atom. The van der Waals surface area contributed by atoms with Crippen LogP contribution in [0.3, 0.4) is 0 Å². The molecule has 6 nitrogen and oxygen atoms in total. The van der Waals surface area contributed by atoms with Crippen LogP contribution < -0.4 is 25.8 Å². The molecule has 0 amide bonds. The molecule has 0 aliphatic rings. The molecule has 25 heavy (non-hydrogen) atoms. The summed E-state index contributed by atoms with van der Waals surface area (Å²) in [7, 11) is 3.20. The number of ether oxygens (including phenoxy) is 2. The van der Waals surface area contributed by atoms with Crippen molar-refractivity contribution < 1.29 is 9.47 Å². The Morgan fingerprint density at radius 1 is 1.00 bits per heavy atom. The van der Waals surface area contributed by atoms with Gasteiger partial charge in [-0.15, -0.1) is 24.0 Å². The molecule has 0 aromatic heterocycles. The lowest BCUT2D eigenvalue weighted by atomic mass is 10.3. The predicted molar refractivity (Wildman–Crippen MR) is 115 cm³/mol. The van der Waals surface area contributed by atoms with Gasteiger partial charge in [-0.2, -0.15) is 0 Å². The summed E-state index contributed by atoms with van der Waals surface area (Å²) in [5, 5.41) is 6.38. The fourth-order valence-electron chi connectivity index (χ4n) is 2.17. The number of nitrogens with zero attached hydrogens (tertiary/aromatic N) is 1. The van der Waals surface area contributed by atoms with Crippen molar-refractivity contribution >= 4 is 41.3 Å². The second-order valence-corrected chi connectivity index (χ2v) is 5.11. The van der Waals surface area contributed by atoms with Crippen LogP contribution in [0.4, 0.5) is 11.4 Å². The van der Waals surface area contributed by atoms with E-state index in [4.69, 9.17) is 15.2 Å². The topological polar surface area (TPSA) is 80.9 Å². The number of benzene rings is 2. The highest BCUT2D eigenvalue weighted by Crippen LogP contribution is 2.29. The molecule has 0 spiro atoms. The number of nitrogens with two attached hydrogens (primary N) is 1. The minimum absolute atomic E-state index is 0. The Bertz CT molecular complexity index is 665. The van der Waals surface area contributed by atoms with E-state index >= 15 is 0 Å². The number of hydrogen-bond acceptors (Lipinski definition) is 4. The first kappa shape index (κ1) is 20.9. The number of halogens is 1. The molecule has 0 aliphatic heterocycles. The summed E-state index contributed by atoms with van der Waals surface area (Å²) in [6, 6.07) is 15.6. The maximum absolute atomic E-state index is 5.91. The van der Waals surface area contributed by atoms with Gasteiger partial charge >= 0.3 is 0 Å². The van der Waals surface area contributed by atoms with Crippen LogP contribution in [0.5, 0.6) is 11.5 Å². The standard InChI is InChI=1S/C18H24N4O2.HI/c1-23-16-10-9-15(13-17(16)24-2)22-18(19)21-12-6-11-20-14-7-4-3-5-8-14;/h3-5,7-10,13,20H,6,11-12H2,1-2H3,(H3,19,21,22);1H. The number of methoxy groups -OCH3 is 2. The Balaban J connectivity index is 0.00000312. The molecule has 0 atom stereocenters. The maximum Gasteiger partial charge on any atom is 0.193 e. The largest absolute Gasteiger partial charge is 0.493 e. The van der Waals surface area contributed by atoms with Gasteiger partial charge in [-0.1, -0.05) is 18.2 Å². The van der Waals surface area contributed by atoms with Gasteiger partial charge in [0, 0.05) is 30.5 Å². The molecule has 2 aromatic carbocycles. The molecule has 0 heterocycles. The average Bonchev–Trinajstić information content (AvgIpc) is 2.62. The van der Waals surface area contributed by atoms with Gasteiger partial charge < -0.3 is 25.8 Å². The number of nitrogens with one attached hydrogen (secondary N) is 2. The zero-order valence-electron chi connectivity index (χ0n) is 14.5. The van der Waals surface area contributed by atoms with Gasteiger partial charge in [0.2, 0.25) is 0 Å². The van der Waals surface area contributed by atoms with Gasteiger partial charge in [-0.3, -0.25) is 4.99 Å². The summed E-state index contributed by atoms with van der Waals surface area (Å²) >= 11 is 0. The van der Waals surface area contributed by atoms with Gasteiger partial charge in [0.1, 0.15) is 0 Å². The number of guanidine groups is 1. The summed E-state index contributed by atoms with van der Waals surface area (Å²) in [6.07, 6.45) is 0.892. The zero-order valence-corrected chi connectivity index (χ0v) is 16.8. The van der Waals surface area contributed by atoms with E-state index in [1.54, 1.807) is 14.2 Å². The highest BCUT2D eigenvalue weighted by atomic mass is 127. The van der Waals surface area contributed by atoms with Crippen LogP contribution in [0, 0.1) is 0 Å². The van der Waals surface area contributed by atoms with Crippen LogP contribution in [-0.4, -0.2) is 33.3 Å². The Hall–Kier alpha value is -2.16. The molecule has 0 unspecified atom stereocenters. The summed E-state index contributed by atoms with van der Waals surface area (Å²) in [5.74, 6) is 1.69. The van der Waals surface area contributed by atoms with Crippen molar-refractivity contribution in [3.05, 3.63) is 48.5 Å². The highest BCUT2D eigenvalue weighted by Gasteiger charge is 2.04. The number of hydrogen-bond donors (Lipinski definition) is 3. The lowest BCUT2D eigenvalue weighted by Crippen LogP contribution is -2.23. The molecular weight excluding hydrogens is 431 g/mol. The molecule has 2 rings (SSSR count). The van der Waals surface area contributed by atoms with Gasteiger partial charge in [0.15, 0.2) is 17.5 Å². The summed E-state index contributed by atoms with van der Waals surface area (Å²) in [4.78, 5) is 4.32. The molecule has 0 saturated carbocycles. The molecule has 0 saturated heterocycles. The number of para-hydroxylation sites is 1. The Kier molecular flexibility index (Phi) is 9.53. The van der Waals surface area contributed by atoms with Crippen LogP contribution in [0.15, 0.2) is 53.5 Å². The molecule has 0 bridgehead atoms. The molecule has 4 N–H and O–H groups in total. The first-order chi connectivity index (χ1) is 11.7. The van der Waals surface area contributed by atoms with Crippen LogP contribution >= 0.6 is 24.0 Å². The molecule has 7 heteroatoms. The fraction of sp³-hybridized carbons (Fsp3) is 0.278. The number of aliphatic imine (C=N–C) groups is 1. The third-order valence-electron chi connectivity index (χ3n) is 3.38. The van der Waals surface area contributed by atoms with Crippen molar-refractivity contribution in [3.8, 4) is 11.5 Å². The van der Waals surface area contributed by atoms with Crippen LogP contribution in [-0.2, 0) is 0 Å². The highest BCUT2D eigenvalue weighted by molar-refractivity contribution is 14.0. The molecular formula is C18H25IN4O2. The third-order valence-corrected chi connectivity index (χ3v) is 3.38. The monoisotopic (exact) mass is 456 g/mol. The van der Waals surface area contributed by atoms with Gasteiger partial charge in [-0.25, -0.2) is 0 Å². The Morgan fingerprint density at radius 2 is 1.72 bits per heavy atom. The van der Waals surface area contributed by atoms with Crippen molar-refractivity contribution in [1.82, 2.24) is 0 Å². The van der Waals surface area contributed by atoms with E-state index in [1.807, 2.05) is 48.5 Å². The van der Waals surface area contributed by atoms with Crippen molar-refractivity contribution in [2.45, 2.75) is 6.42 Å². The smallest absolute Gasteiger partial charge is 0.193 e. The molecule has 0 aliphatic carbocycles. The minimum Gasteiger partial charge on any atom is -0.493 e. The first-order valence-electron chi connectivity index (χ1n) is 7.81. The number of rotatable bonds is 8. The lowest BCUT2D eigenvalue weighted by molar-refractivity contribution is 0.355. The van der Waals surface area contributed by atoms with Gasteiger partial charge in [-0.05, 0) is 30.7 Å². The predicted octanol–water partition coefficient (Wildman–Crippen LogP) is 3.55. The zero-order chi connectivity index (χ0) is 17.2. The normalized spacial score (nSPS) is 10.6. The fourth-order valence-corrected chi connectivity index (χ4v) is 2.17. The SMILES string of the molecule is COc1ccc(NC(N)=NCCCNc2ccccc2)cc1OC.I.